The summed E-state index contributed by atoms with van der Waals surface area (Å²) in [4.78, 5) is 11.8. The zero-order valence-electron chi connectivity index (χ0n) is 12.5. The van der Waals surface area contributed by atoms with Gasteiger partial charge in [-0.05, 0) is 24.7 Å². The van der Waals surface area contributed by atoms with E-state index in [0.717, 1.165) is 19.3 Å². The molecule has 0 aliphatic heterocycles. The van der Waals surface area contributed by atoms with Gasteiger partial charge in [-0.15, -0.1) is 0 Å². The quantitative estimate of drug-likeness (QED) is 0.560. The van der Waals surface area contributed by atoms with Crippen LogP contribution in [0.25, 0.3) is 0 Å². The minimum atomic E-state index is -0.547. The highest BCUT2D eigenvalue weighted by atomic mass is 16.5. The first-order valence-corrected chi connectivity index (χ1v) is 6.94. The summed E-state index contributed by atoms with van der Waals surface area (Å²) < 4.78 is 5.39. The Balaban J connectivity index is 4.14. The van der Waals surface area contributed by atoms with E-state index in [2.05, 4.69) is 33.8 Å². The Bertz CT molecular complexity index is 266. The second-order valence-electron chi connectivity index (χ2n) is 5.87. The number of hydrogen-bond donors (Lipinski definition) is 1. The van der Waals surface area contributed by atoms with E-state index < -0.39 is 6.04 Å². The largest absolute Gasteiger partial charge is 0.461 e. The van der Waals surface area contributed by atoms with Crippen molar-refractivity contribution < 1.29 is 9.53 Å². The maximum absolute atomic E-state index is 11.8. The molecule has 18 heavy (non-hydrogen) atoms. The van der Waals surface area contributed by atoms with E-state index in [9.17, 15) is 4.79 Å². The van der Waals surface area contributed by atoms with E-state index >= 15 is 0 Å². The molecule has 0 saturated carbocycles. The molecule has 0 aliphatic rings. The Morgan fingerprint density at radius 1 is 1.33 bits per heavy atom. The topological polar surface area (TPSA) is 52.3 Å². The van der Waals surface area contributed by atoms with Gasteiger partial charge < -0.3 is 10.5 Å². The number of carbonyl (C=O) groups excluding carboxylic acids is 1. The Kier molecular flexibility index (Phi) is 7.92. The van der Waals surface area contributed by atoms with Crippen LogP contribution in [0.1, 0.15) is 60.3 Å². The molecule has 0 heterocycles. The van der Waals surface area contributed by atoms with Crippen LogP contribution in [0.15, 0.2) is 12.2 Å². The standard InChI is InChI=1S/C15H29NO2/c1-6-9-12(7-2)18-14(17)13(16)10-8-11-15(3,4)5/h8,11-13H,6-7,9-10,16H2,1-5H3/b11-8+/t12?,13-/m0/s1. The fourth-order valence-corrected chi connectivity index (χ4v) is 1.58. The predicted octanol–water partition coefficient (Wildman–Crippen LogP) is 3.43. The van der Waals surface area contributed by atoms with E-state index in [1.165, 1.54) is 0 Å². The van der Waals surface area contributed by atoms with Crippen LogP contribution < -0.4 is 5.73 Å². The first kappa shape index (κ1) is 17.2. The minimum Gasteiger partial charge on any atom is -0.461 e. The zero-order chi connectivity index (χ0) is 14.2. The normalized spacial score (nSPS) is 15.7. The highest BCUT2D eigenvalue weighted by Gasteiger charge is 2.18. The minimum absolute atomic E-state index is 0.0140. The smallest absolute Gasteiger partial charge is 0.323 e. The van der Waals surface area contributed by atoms with Crippen molar-refractivity contribution in [3.8, 4) is 0 Å². The van der Waals surface area contributed by atoms with Gasteiger partial charge >= 0.3 is 5.97 Å². The van der Waals surface area contributed by atoms with Gasteiger partial charge in [0.2, 0.25) is 0 Å². The number of carbonyl (C=O) groups is 1. The number of hydrogen-bond acceptors (Lipinski definition) is 3. The van der Waals surface area contributed by atoms with Gasteiger partial charge in [-0.2, -0.15) is 0 Å². The van der Waals surface area contributed by atoms with E-state index in [-0.39, 0.29) is 17.5 Å². The number of rotatable bonds is 7. The van der Waals surface area contributed by atoms with Crippen LogP contribution in [0.5, 0.6) is 0 Å². The van der Waals surface area contributed by atoms with E-state index in [4.69, 9.17) is 10.5 Å². The molecule has 0 aromatic heterocycles. The molecule has 0 fully saturated rings. The Hall–Kier alpha value is -0.830. The fourth-order valence-electron chi connectivity index (χ4n) is 1.58. The summed E-state index contributed by atoms with van der Waals surface area (Å²) in [5.74, 6) is -0.283. The first-order chi connectivity index (χ1) is 8.30. The average Bonchev–Trinajstić information content (AvgIpc) is 2.26. The average molecular weight is 255 g/mol. The summed E-state index contributed by atoms with van der Waals surface area (Å²) in [6, 6.07) is -0.547. The second-order valence-corrected chi connectivity index (χ2v) is 5.87. The van der Waals surface area contributed by atoms with Crippen molar-refractivity contribution >= 4 is 5.97 Å². The third-order valence-electron chi connectivity index (χ3n) is 2.66. The highest BCUT2D eigenvalue weighted by Crippen LogP contribution is 2.15. The van der Waals surface area contributed by atoms with Crippen molar-refractivity contribution in [2.24, 2.45) is 11.1 Å². The highest BCUT2D eigenvalue weighted by molar-refractivity contribution is 5.75. The van der Waals surface area contributed by atoms with Crippen LogP contribution in [-0.4, -0.2) is 18.1 Å². The molecular formula is C15H29NO2. The Labute approximate surface area is 112 Å². The van der Waals surface area contributed by atoms with Gasteiger partial charge in [0.1, 0.15) is 12.1 Å². The van der Waals surface area contributed by atoms with Crippen LogP contribution in [0.2, 0.25) is 0 Å². The van der Waals surface area contributed by atoms with Crippen LogP contribution in [0.3, 0.4) is 0 Å². The molecule has 3 heteroatoms. The second kappa shape index (κ2) is 8.30. The molecular weight excluding hydrogens is 226 g/mol. The van der Waals surface area contributed by atoms with Gasteiger partial charge in [0.25, 0.3) is 0 Å². The summed E-state index contributed by atoms with van der Waals surface area (Å²) in [7, 11) is 0. The SMILES string of the molecule is CCCC(CC)OC(=O)[C@@H](N)C/C=C/C(C)(C)C. The summed E-state index contributed by atoms with van der Waals surface area (Å²) in [5.41, 5.74) is 5.94. The van der Waals surface area contributed by atoms with Crippen molar-refractivity contribution in [1.82, 2.24) is 0 Å². The fraction of sp³-hybridized carbons (Fsp3) is 0.800. The lowest BCUT2D eigenvalue weighted by Gasteiger charge is -2.18. The van der Waals surface area contributed by atoms with Crippen molar-refractivity contribution in [1.29, 1.82) is 0 Å². The van der Waals surface area contributed by atoms with Crippen LogP contribution >= 0.6 is 0 Å². The molecule has 0 aliphatic carbocycles. The molecule has 0 spiro atoms. The molecule has 0 aromatic rings. The molecule has 0 bridgehead atoms. The number of ether oxygens (including phenoxy) is 1. The molecule has 2 N–H and O–H groups in total. The zero-order valence-corrected chi connectivity index (χ0v) is 12.5. The number of esters is 1. The lowest BCUT2D eigenvalue weighted by molar-refractivity contribution is -0.151. The lowest BCUT2D eigenvalue weighted by atomic mass is 9.95. The molecule has 1 unspecified atom stereocenters. The van der Waals surface area contributed by atoms with Crippen molar-refractivity contribution in [3.63, 3.8) is 0 Å². The van der Waals surface area contributed by atoms with Crippen LogP contribution in [0, 0.1) is 5.41 Å². The third kappa shape index (κ3) is 8.29. The molecule has 2 atom stereocenters. The molecule has 106 valence electrons. The lowest BCUT2D eigenvalue weighted by Crippen LogP contribution is -2.34. The van der Waals surface area contributed by atoms with Gasteiger partial charge in [-0.25, -0.2) is 0 Å². The van der Waals surface area contributed by atoms with Gasteiger partial charge in [-0.1, -0.05) is 53.2 Å². The maximum Gasteiger partial charge on any atom is 0.323 e. The molecule has 0 aromatic carbocycles. The van der Waals surface area contributed by atoms with Gasteiger partial charge in [0, 0.05) is 0 Å². The van der Waals surface area contributed by atoms with Gasteiger partial charge in [-0.3, -0.25) is 4.79 Å². The molecule has 3 nitrogen and oxygen atoms in total. The monoisotopic (exact) mass is 255 g/mol. The predicted molar refractivity (Wildman–Crippen MR) is 76.3 cm³/mol. The van der Waals surface area contributed by atoms with Crippen LogP contribution in [-0.2, 0) is 9.53 Å². The molecule has 0 amide bonds. The maximum atomic E-state index is 11.8. The molecule has 0 radical (unpaired) electrons. The molecule has 0 rings (SSSR count). The summed E-state index contributed by atoms with van der Waals surface area (Å²) in [5, 5.41) is 0. The summed E-state index contributed by atoms with van der Waals surface area (Å²) in [6.07, 6.45) is 7.37. The molecule has 0 saturated heterocycles. The van der Waals surface area contributed by atoms with E-state index in [1.54, 1.807) is 0 Å². The van der Waals surface area contributed by atoms with Crippen molar-refractivity contribution in [2.45, 2.75) is 72.4 Å². The summed E-state index contributed by atoms with van der Waals surface area (Å²) >= 11 is 0. The number of nitrogens with two attached hydrogens (primary N) is 1. The Morgan fingerprint density at radius 3 is 2.39 bits per heavy atom. The Morgan fingerprint density at radius 2 is 1.94 bits per heavy atom. The van der Waals surface area contributed by atoms with E-state index in [1.807, 2.05) is 13.0 Å². The third-order valence-corrected chi connectivity index (χ3v) is 2.66. The van der Waals surface area contributed by atoms with Gasteiger partial charge in [0.05, 0.1) is 0 Å². The first-order valence-electron chi connectivity index (χ1n) is 6.94. The summed E-state index contributed by atoms with van der Waals surface area (Å²) in [6.45, 7) is 10.5. The van der Waals surface area contributed by atoms with Crippen molar-refractivity contribution in [2.75, 3.05) is 0 Å². The van der Waals surface area contributed by atoms with Crippen molar-refractivity contribution in [3.05, 3.63) is 12.2 Å². The van der Waals surface area contributed by atoms with E-state index in [0.29, 0.717) is 6.42 Å². The van der Waals surface area contributed by atoms with Gasteiger partial charge in [0.15, 0.2) is 0 Å². The number of allylic oxidation sites excluding steroid dienone is 1. The van der Waals surface area contributed by atoms with Crippen LogP contribution in [0.4, 0.5) is 0 Å².